The van der Waals surface area contributed by atoms with E-state index >= 15 is 0 Å². The van der Waals surface area contributed by atoms with Crippen LogP contribution in [0.15, 0.2) is 18.2 Å². The summed E-state index contributed by atoms with van der Waals surface area (Å²) in [6.07, 6.45) is -5.17. The van der Waals surface area contributed by atoms with E-state index in [4.69, 9.17) is 0 Å². The van der Waals surface area contributed by atoms with Gasteiger partial charge in [0.25, 0.3) is 0 Å². The first kappa shape index (κ1) is 14.3. The maximum absolute atomic E-state index is 12.6. The van der Waals surface area contributed by atoms with E-state index in [0.717, 1.165) is 12.1 Å². The minimum Gasteiger partial charge on any atom is -0.385 e. The van der Waals surface area contributed by atoms with E-state index in [1.807, 2.05) is 20.8 Å². The first-order valence-electron chi connectivity index (χ1n) is 5.75. The highest BCUT2D eigenvalue weighted by Gasteiger charge is 2.31. The zero-order valence-electron chi connectivity index (χ0n) is 10.7. The SMILES string of the molecule is CC(C)(C)[C@@H](O)c1nc2cc(C(F)(F)F)ccc2s1. The Kier molecular flexibility index (Phi) is 3.35. The molecule has 1 aromatic carbocycles. The van der Waals surface area contributed by atoms with Crippen molar-refractivity contribution in [3.63, 3.8) is 0 Å². The van der Waals surface area contributed by atoms with Gasteiger partial charge in [-0.05, 0) is 23.6 Å². The van der Waals surface area contributed by atoms with Crippen LogP contribution in [-0.2, 0) is 6.18 Å². The fourth-order valence-electron chi connectivity index (χ4n) is 1.61. The van der Waals surface area contributed by atoms with Crippen molar-refractivity contribution in [3.05, 3.63) is 28.8 Å². The molecule has 104 valence electrons. The van der Waals surface area contributed by atoms with Crippen LogP contribution in [0.4, 0.5) is 13.2 Å². The maximum atomic E-state index is 12.6. The van der Waals surface area contributed by atoms with Gasteiger partial charge in [-0.2, -0.15) is 13.2 Å². The number of aliphatic hydroxyl groups is 1. The smallest absolute Gasteiger partial charge is 0.385 e. The van der Waals surface area contributed by atoms with Gasteiger partial charge in [0.15, 0.2) is 0 Å². The quantitative estimate of drug-likeness (QED) is 0.844. The normalized spacial score (nSPS) is 14.9. The molecule has 0 bridgehead atoms. The highest BCUT2D eigenvalue weighted by atomic mass is 32.1. The van der Waals surface area contributed by atoms with Gasteiger partial charge in [0.05, 0.1) is 15.8 Å². The van der Waals surface area contributed by atoms with E-state index in [-0.39, 0.29) is 5.52 Å². The molecular formula is C13H14F3NOS. The number of thiazole rings is 1. The van der Waals surface area contributed by atoms with Crippen LogP contribution in [0.2, 0.25) is 0 Å². The van der Waals surface area contributed by atoms with Crippen molar-refractivity contribution in [2.45, 2.75) is 33.1 Å². The summed E-state index contributed by atoms with van der Waals surface area (Å²) in [5.74, 6) is 0. The molecule has 0 saturated heterocycles. The zero-order chi connectivity index (χ0) is 14.4. The highest BCUT2D eigenvalue weighted by Crippen LogP contribution is 2.38. The van der Waals surface area contributed by atoms with Crippen molar-refractivity contribution in [1.82, 2.24) is 4.98 Å². The Morgan fingerprint density at radius 2 is 1.84 bits per heavy atom. The average Bonchev–Trinajstić information content (AvgIpc) is 2.67. The van der Waals surface area contributed by atoms with Gasteiger partial charge < -0.3 is 5.11 Å². The second kappa shape index (κ2) is 4.45. The molecule has 0 amide bonds. The lowest BCUT2D eigenvalue weighted by Gasteiger charge is -2.23. The molecule has 0 fully saturated rings. The summed E-state index contributed by atoms with van der Waals surface area (Å²) in [7, 11) is 0. The third-order valence-electron chi connectivity index (χ3n) is 2.79. The second-order valence-corrected chi connectivity index (χ2v) is 6.56. The topological polar surface area (TPSA) is 33.1 Å². The van der Waals surface area contributed by atoms with Crippen LogP contribution >= 0.6 is 11.3 Å². The number of hydrogen-bond acceptors (Lipinski definition) is 3. The molecule has 1 atom stereocenters. The van der Waals surface area contributed by atoms with Crippen molar-refractivity contribution in [3.8, 4) is 0 Å². The molecule has 0 radical (unpaired) electrons. The zero-order valence-corrected chi connectivity index (χ0v) is 11.6. The molecule has 1 aromatic heterocycles. The Labute approximate surface area is 112 Å². The van der Waals surface area contributed by atoms with Crippen molar-refractivity contribution in [1.29, 1.82) is 0 Å². The number of aliphatic hydroxyl groups excluding tert-OH is 1. The number of nitrogens with zero attached hydrogens (tertiary/aromatic N) is 1. The minimum absolute atomic E-state index is 0.276. The largest absolute Gasteiger partial charge is 0.416 e. The van der Waals surface area contributed by atoms with Crippen LogP contribution in [-0.4, -0.2) is 10.1 Å². The summed E-state index contributed by atoms with van der Waals surface area (Å²) in [4.78, 5) is 4.12. The Balaban J connectivity index is 2.47. The number of alkyl halides is 3. The van der Waals surface area contributed by atoms with Crippen molar-refractivity contribution in [2.75, 3.05) is 0 Å². The number of halogens is 3. The number of fused-ring (bicyclic) bond motifs is 1. The monoisotopic (exact) mass is 289 g/mol. The average molecular weight is 289 g/mol. The third kappa shape index (κ3) is 2.90. The highest BCUT2D eigenvalue weighted by molar-refractivity contribution is 7.18. The van der Waals surface area contributed by atoms with Crippen molar-refractivity contribution >= 4 is 21.6 Å². The molecular weight excluding hydrogens is 275 g/mol. The van der Waals surface area contributed by atoms with Crippen LogP contribution in [0.25, 0.3) is 10.2 Å². The summed E-state index contributed by atoms with van der Waals surface area (Å²) in [5, 5.41) is 10.6. The summed E-state index contributed by atoms with van der Waals surface area (Å²) in [6.45, 7) is 5.56. The molecule has 0 saturated carbocycles. The van der Waals surface area contributed by atoms with E-state index in [1.165, 1.54) is 17.4 Å². The Morgan fingerprint density at radius 1 is 1.21 bits per heavy atom. The van der Waals surface area contributed by atoms with Gasteiger partial charge >= 0.3 is 6.18 Å². The number of aromatic nitrogens is 1. The first-order chi connectivity index (χ1) is 8.59. The van der Waals surface area contributed by atoms with Gasteiger partial charge in [-0.1, -0.05) is 20.8 Å². The van der Waals surface area contributed by atoms with Crippen LogP contribution in [0.1, 0.15) is 37.4 Å². The first-order valence-corrected chi connectivity index (χ1v) is 6.56. The fourth-order valence-corrected chi connectivity index (χ4v) is 2.79. The van der Waals surface area contributed by atoms with Gasteiger partial charge in [0.2, 0.25) is 0 Å². The van der Waals surface area contributed by atoms with Crippen molar-refractivity contribution < 1.29 is 18.3 Å². The summed E-state index contributed by atoms with van der Waals surface area (Å²) in [5.41, 5.74) is -0.846. The number of rotatable bonds is 1. The summed E-state index contributed by atoms with van der Waals surface area (Å²) in [6, 6.07) is 3.45. The molecule has 0 spiro atoms. The molecule has 1 N–H and O–H groups in total. The van der Waals surface area contributed by atoms with E-state index in [9.17, 15) is 18.3 Å². The predicted molar refractivity (Wildman–Crippen MR) is 69.0 cm³/mol. The van der Waals surface area contributed by atoms with E-state index < -0.39 is 23.3 Å². The molecule has 0 aliphatic carbocycles. The summed E-state index contributed by atoms with van der Waals surface area (Å²) < 4.78 is 38.4. The fraction of sp³-hybridized carbons (Fsp3) is 0.462. The number of hydrogen-bond donors (Lipinski definition) is 1. The molecule has 19 heavy (non-hydrogen) atoms. The Morgan fingerprint density at radius 3 is 2.37 bits per heavy atom. The summed E-state index contributed by atoms with van der Waals surface area (Å²) >= 11 is 1.22. The molecule has 2 nitrogen and oxygen atoms in total. The lowest BCUT2D eigenvalue weighted by Crippen LogP contribution is -2.17. The predicted octanol–water partition coefficient (Wildman–Crippen LogP) is 4.39. The molecule has 0 aliphatic heterocycles. The van der Waals surface area contributed by atoms with Crippen molar-refractivity contribution in [2.24, 2.45) is 5.41 Å². The van der Waals surface area contributed by atoms with Gasteiger partial charge in [0, 0.05) is 0 Å². The molecule has 6 heteroatoms. The standard InChI is InChI=1S/C13H14F3NOS/c1-12(2,3)10(18)11-17-8-6-7(13(14,15)16)4-5-9(8)19-11/h4-6,10,18H,1-3H3/t10-/m0/s1. The molecule has 0 aliphatic rings. The van der Waals surface area contributed by atoms with Crippen LogP contribution in [0, 0.1) is 5.41 Å². The lowest BCUT2D eigenvalue weighted by atomic mass is 9.90. The molecule has 0 unspecified atom stereocenters. The number of benzene rings is 1. The molecule has 2 rings (SSSR count). The van der Waals surface area contributed by atoms with E-state index in [0.29, 0.717) is 9.71 Å². The maximum Gasteiger partial charge on any atom is 0.416 e. The van der Waals surface area contributed by atoms with Gasteiger partial charge in [-0.3, -0.25) is 0 Å². The Bertz CT molecular complexity index is 598. The third-order valence-corrected chi connectivity index (χ3v) is 3.87. The van der Waals surface area contributed by atoms with Crippen LogP contribution in [0.3, 0.4) is 0 Å². The van der Waals surface area contributed by atoms with Gasteiger partial charge in [-0.15, -0.1) is 11.3 Å². The molecule has 1 heterocycles. The molecule has 2 aromatic rings. The van der Waals surface area contributed by atoms with Crippen LogP contribution < -0.4 is 0 Å². The van der Waals surface area contributed by atoms with Gasteiger partial charge in [-0.25, -0.2) is 4.98 Å². The van der Waals surface area contributed by atoms with E-state index in [2.05, 4.69) is 4.98 Å². The van der Waals surface area contributed by atoms with E-state index in [1.54, 1.807) is 0 Å². The van der Waals surface area contributed by atoms with Crippen LogP contribution in [0.5, 0.6) is 0 Å². The lowest BCUT2D eigenvalue weighted by molar-refractivity contribution is -0.137. The second-order valence-electron chi connectivity index (χ2n) is 5.50. The van der Waals surface area contributed by atoms with Gasteiger partial charge in [0.1, 0.15) is 11.1 Å². The minimum atomic E-state index is -4.37. The Hall–Kier alpha value is -1.14.